The number of nitrogens with zero attached hydrogens (tertiary/aromatic N) is 1. The third kappa shape index (κ3) is 2.75. The SMILES string of the molecule is CCOC(=O)[C@@H]1[C@H]2C[C@H]([C@@H](N)C2)N1C(=O)OC(C)(C)C. The second-order valence-electron chi connectivity index (χ2n) is 6.55. The molecule has 1 saturated carbocycles. The van der Waals surface area contributed by atoms with E-state index in [9.17, 15) is 9.59 Å². The molecule has 0 spiro atoms. The van der Waals surface area contributed by atoms with Crippen LogP contribution in [-0.4, -0.2) is 47.3 Å². The van der Waals surface area contributed by atoms with Crippen LogP contribution in [0.15, 0.2) is 0 Å². The minimum absolute atomic E-state index is 0.0848. The Bertz CT molecular complexity index is 404. The maximum Gasteiger partial charge on any atom is 0.411 e. The predicted octanol–water partition coefficient (Wildman–Crippen LogP) is 1.27. The number of amides is 1. The summed E-state index contributed by atoms with van der Waals surface area (Å²) < 4.78 is 10.5. The van der Waals surface area contributed by atoms with E-state index in [0.29, 0.717) is 6.61 Å². The highest BCUT2D eigenvalue weighted by atomic mass is 16.6. The lowest BCUT2D eigenvalue weighted by Crippen LogP contribution is -2.57. The molecule has 4 atom stereocenters. The maximum atomic E-state index is 12.4. The summed E-state index contributed by atoms with van der Waals surface area (Å²) in [6, 6.07) is -0.753. The predicted molar refractivity (Wildman–Crippen MR) is 73.0 cm³/mol. The van der Waals surface area contributed by atoms with Crippen LogP contribution in [0.1, 0.15) is 40.5 Å². The minimum atomic E-state index is -0.595. The van der Waals surface area contributed by atoms with Crippen LogP contribution in [0.25, 0.3) is 0 Å². The fourth-order valence-electron chi connectivity index (χ4n) is 3.20. The number of carbonyl (C=O) groups excluding carboxylic acids is 2. The van der Waals surface area contributed by atoms with Crippen LogP contribution >= 0.6 is 0 Å². The Morgan fingerprint density at radius 2 is 1.95 bits per heavy atom. The summed E-state index contributed by atoms with van der Waals surface area (Å²) >= 11 is 0. The van der Waals surface area contributed by atoms with Gasteiger partial charge in [-0.2, -0.15) is 0 Å². The number of nitrogens with two attached hydrogens (primary N) is 1. The van der Waals surface area contributed by atoms with Gasteiger partial charge in [0.15, 0.2) is 0 Å². The second kappa shape index (κ2) is 5.24. The number of piperidine rings is 1. The number of hydrogen-bond acceptors (Lipinski definition) is 5. The van der Waals surface area contributed by atoms with Crippen molar-refractivity contribution >= 4 is 12.1 Å². The highest BCUT2D eigenvalue weighted by Gasteiger charge is 2.56. The lowest BCUT2D eigenvalue weighted by molar-refractivity contribution is -0.151. The van der Waals surface area contributed by atoms with E-state index >= 15 is 0 Å². The number of fused-ring (bicyclic) bond motifs is 2. The van der Waals surface area contributed by atoms with Crippen molar-refractivity contribution in [1.29, 1.82) is 0 Å². The normalized spacial score (nSPS) is 32.4. The molecule has 0 aromatic rings. The molecule has 2 bridgehead atoms. The first-order valence-corrected chi connectivity index (χ1v) is 7.18. The van der Waals surface area contributed by atoms with E-state index in [0.717, 1.165) is 12.8 Å². The smallest absolute Gasteiger partial charge is 0.411 e. The molecule has 1 saturated heterocycles. The molecule has 6 nitrogen and oxygen atoms in total. The Morgan fingerprint density at radius 3 is 2.50 bits per heavy atom. The fourth-order valence-corrected chi connectivity index (χ4v) is 3.20. The molecule has 2 fully saturated rings. The zero-order valence-electron chi connectivity index (χ0n) is 12.6. The zero-order valence-corrected chi connectivity index (χ0v) is 12.6. The Labute approximate surface area is 119 Å². The van der Waals surface area contributed by atoms with Crippen molar-refractivity contribution in [2.45, 2.75) is 64.3 Å². The van der Waals surface area contributed by atoms with Crippen LogP contribution in [0, 0.1) is 5.92 Å². The van der Waals surface area contributed by atoms with E-state index in [2.05, 4.69) is 0 Å². The first-order valence-electron chi connectivity index (χ1n) is 7.18. The molecular formula is C14H24N2O4. The third-order valence-corrected chi connectivity index (χ3v) is 3.85. The van der Waals surface area contributed by atoms with E-state index in [-0.39, 0.29) is 24.0 Å². The van der Waals surface area contributed by atoms with Crippen LogP contribution in [0.4, 0.5) is 4.79 Å². The van der Waals surface area contributed by atoms with Gasteiger partial charge in [0.25, 0.3) is 0 Å². The Hall–Kier alpha value is -1.30. The summed E-state index contributed by atoms with van der Waals surface area (Å²) in [6.07, 6.45) is 1.04. The third-order valence-electron chi connectivity index (χ3n) is 3.85. The molecule has 1 heterocycles. The molecule has 1 amide bonds. The van der Waals surface area contributed by atoms with Gasteiger partial charge in [0, 0.05) is 6.04 Å². The first kappa shape index (κ1) is 15.1. The molecule has 1 aliphatic heterocycles. The van der Waals surface area contributed by atoms with E-state index in [4.69, 9.17) is 15.2 Å². The first-order chi connectivity index (χ1) is 9.24. The van der Waals surface area contributed by atoms with Gasteiger partial charge in [-0.05, 0) is 46.5 Å². The maximum absolute atomic E-state index is 12.4. The van der Waals surface area contributed by atoms with Gasteiger partial charge in [-0.3, -0.25) is 4.90 Å². The Morgan fingerprint density at radius 1 is 1.30 bits per heavy atom. The van der Waals surface area contributed by atoms with Crippen molar-refractivity contribution in [3.63, 3.8) is 0 Å². The van der Waals surface area contributed by atoms with E-state index in [1.165, 1.54) is 4.90 Å². The molecule has 0 radical (unpaired) electrons. The van der Waals surface area contributed by atoms with Crippen molar-refractivity contribution in [3.8, 4) is 0 Å². The summed E-state index contributed by atoms with van der Waals surface area (Å²) in [5.41, 5.74) is 5.45. The van der Waals surface area contributed by atoms with Gasteiger partial charge in [0.05, 0.1) is 12.6 Å². The van der Waals surface area contributed by atoms with Crippen LogP contribution < -0.4 is 5.73 Å². The average Bonchev–Trinajstić information content (AvgIpc) is 2.82. The van der Waals surface area contributed by atoms with Gasteiger partial charge in [-0.1, -0.05) is 0 Å². The molecule has 1 aliphatic carbocycles. The quantitative estimate of drug-likeness (QED) is 0.772. The molecule has 2 rings (SSSR count). The number of esters is 1. The molecule has 2 N–H and O–H groups in total. The number of carbonyl (C=O) groups is 2. The van der Waals surface area contributed by atoms with Crippen molar-refractivity contribution < 1.29 is 19.1 Å². The lowest BCUT2D eigenvalue weighted by Gasteiger charge is -2.37. The van der Waals surface area contributed by atoms with Gasteiger partial charge in [0.2, 0.25) is 0 Å². The number of hydrogen-bond donors (Lipinski definition) is 1. The molecule has 0 unspecified atom stereocenters. The highest BCUT2D eigenvalue weighted by Crippen LogP contribution is 2.43. The van der Waals surface area contributed by atoms with Crippen molar-refractivity contribution in [3.05, 3.63) is 0 Å². The van der Waals surface area contributed by atoms with E-state index in [1.54, 1.807) is 27.7 Å². The van der Waals surface area contributed by atoms with Crippen molar-refractivity contribution in [2.75, 3.05) is 6.61 Å². The largest absolute Gasteiger partial charge is 0.464 e. The number of ether oxygens (including phenoxy) is 2. The molecule has 6 heteroatoms. The second-order valence-corrected chi connectivity index (χ2v) is 6.55. The highest BCUT2D eigenvalue weighted by molar-refractivity contribution is 5.83. The zero-order chi connectivity index (χ0) is 15.1. The van der Waals surface area contributed by atoms with Gasteiger partial charge in [-0.15, -0.1) is 0 Å². The molecule has 20 heavy (non-hydrogen) atoms. The molecule has 0 aromatic carbocycles. The van der Waals surface area contributed by atoms with Crippen molar-refractivity contribution in [2.24, 2.45) is 11.7 Å². The molecule has 114 valence electrons. The van der Waals surface area contributed by atoms with Crippen LogP contribution in [0.3, 0.4) is 0 Å². The van der Waals surface area contributed by atoms with E-state index < -0.39 is 17.7 Å². The molecule has 0 aromatic heterocycles. The molecule has 2 aliphatic rings. The lowest BCUT2D eigenvalue weighted by atomic mass is 9.97. The van der Waals surface area contributed by atoms with Crippen LogP contribution in [0.5, 0.6) is 0 Å². The monoisotopic (exact) mass is 284 g/mol. The Kier molecular flexibility index (Phi) is 3.95. The van der Waals surface area contributed by atoms with E-state index in [1.807, 2.05) is 0 Å². The van der Waals surface area contributed by atoms with Gasteiger partial charge >= 0.3 is 12.1 Å². The average molecular weight is 284 g/mol. The summed E-state index contributed by atoms with van der Waals surface area (Å²) in [4.78, 5) is 26.0. The Balaban J connectivity index is 2.18. The van der Waals surface area contributed by atoms with Gasteiger partial charge < -0.3 is 15.2 Å². The minimum Gasteiger partial charge on any atom is -0.464 e. The van der Waals surface area contributed by atoms with Gasteiger partial charge in [-0.25, -0.2) is 9.59 Å². The standard InChI is InChI=1S/C14H24N2O4/c1-5-19-12(17)11-8-6-9(15)10(7-8)16(11)13(18)20-14(2,3)4/h8-11H,5-7,15H2,1-4H3/t8-,9+,10-,11+/m1/s1. The summed E-state index contributed by atoms with van der Waals surface area (Å²) in [6.45, 7) is 7.48. The topological polar surface area (TPSA) is 81.9 Å². The fraction of sp³-hybridized carbons (Fsp3) is 0.857. The van der Waals surface area contributed by atoms with Crippen LogP contribution in [-0.2, 0) is 14.3 Å². The molecular weight excluding hydrogens is 260 g/mol. The number of rotatable bonds is 2. The number of likely N-dealkylation sites (tertiary alicyclic amines) is 1. The summed E-state index contributed by atoms with van der Waals surface area (Å²) in [5.74, 6) is -0.265. The summed E-state index contributed by atoms with van der Waals surface area (Å²) in [5, 5.41) is 0. The summed E-state index contributed by atoms with van der Waals surface area (Å²) in [7, 11) is 0. The van der Waals surface area contributed by atoms with Crippen molar-refractivity contribution in [1.82, 2.24) is 4.90 Å². The van der Waals surface area contributed by atoms with Gasteiger partial charge in [0.1, 0.15) is 11.6 Å². The van der Waals surface area contributed by atoms with Crippen LogP contribution in [0.2, 0.25) is 0 Å².